The van der Waals surface area contributed by atoms with Crippen molar-refractivity contribution in [2.75, 3.05) is 6.54 Å². The number of halogens is 2. The molecule has 0 fully saturated rings. The van der Waals surface area contributed by atoms with Crippen molar-refractivity contribution in [1.82, 2.24) is 24.9 Å². The Morgan fingerprint density at radius 2 is 2.04 bits per heavy atom. The maximum absolute atomic E-state index is 12.2. The lowest BCUT2D eigenvalue weighted by Crippen LogP contribution is -2.33. The van der Waals surface area contributed by atoms with Crippen molar-refractivity contribution in [1.29, 1.82) is 0 Å². The molecule has 2 heterocycles. The molecule has 1 atom stereocenters. The number of nitrogens with one attached hydrogen (secondary N) is 1. The second kappa shape index (κ2) is 7.49. The third kappa shape index (κ3) is 4.14. The first-order valence-corrected chi connectivity index (χ1v) is 8.66. The van der Waals surface area contributed by atoms with Gasteiger partial charge in [-0.2, -0.15) is 10.2 Å². The van der Waals surface area contributed by atoms with Crippen LogP contribution in [0.25, 0.3) is 0 Å². The molecule has 6 nitrogen and oxygen atoms in total. The molecule has 1 N–H and O–H groups in total. The molecule has 0 aliphatic rings. The highest BCUT2D eigenvalue weighted by atomic mass is 79.9. The van der Waals surface area contributed by atoms with Gasteiger partial charge in [0, 0.05) is 19.3 Å². The van der Waals surface area contributed by atoms with Crippen LogP contribution in [0.1, 0.15) is 36.5 Å². The van der Waals surface area contributed by atoms with Crippen LogP contribution in [-0.2, 0) is 11.3 Å². The number of rotatable bonds is 6. The van der Waals surface area contributed by atoms with Gasteiger partial charge in [0.1, 0.15) is 6.04 Å². The van der Waals surface area contributed by atoms with Crippen molar-refractivity contribution >= 4 is 33.4 Å². The fourth-order valence-electron chi connectivity index (χ4n) is 2.34. The van der Waals surface area contributed by atoms with Gasteiger partial charge in [-0.05, 0) is 50.0 Å². The van der Waals surface area contributed by atoms with Crippen LogP contribution in [0.15, 0.2) is 10.7 Å². The fraction of sp³-hybridized carbons (Fsp3) is 0.533. The molecule has 0 aliphatic heterocycles. The lowest BCUT2D eigenvalue weighted by Gasteiger charge is -2.14. The van der Waals surface area contributed by atoms with Crippen LogP contribution in [0.3, 0.4) is 0 Å². The van der Waals surface area contributed by atoms with Gasteiger partial charge < -0.3 is 5.32 Å². The maximum Gasteiger partial charge on any atom is 0.244 e. The topological polar surface area (TPSA) is 64.7 Å². The van der Waals surface area contributed by atoms with Gasteiger partial charge in [0.25, 0.3) is 0 Å². The maximum atomic E-state index is 12.2. The third-order valence-corrected chi connectivity index (χ3v) is 5.06. The van der Waals surface area contributed by atoms with Gasteiger partial charge in [-0.1, -0.05) is 11.6 Å². The number of nitrogens with zero attached hydrogens (tertiary/aromatic N) is 4. The van der Waals surface area contributed by atoms with Gasteiger partial charge in [-0.25, -0.2) is 0 Å². The first kappa shape index (κ1) is 18.0. The van der Waals surface area contributed by atoms with E-state index < -0.39 is 0 Å². The Bertz CT molecular complexity index is 690. The van der Waals surface area contributed by atoms with Crippen LogP contribution < -0.4 is 5.32 Å². The second-order valence-electron chi connectivity index (χ2n) is 5.58. The Hall–Kier alpha value is -1.34. The number of amides is 1. The first-order chi connectivity index (χ1) is 10.8. The largest absolute Gasteiger partial charge is 0.354 e. The van der Waals surface area contributed by atoms with E-state index >= 15 is 0 Å². The Balaban J connectivity index is 1.83. The van der Waals surface area contributed by atoms with Gasteiger partial charge in [-0.3, -0.25) is 14.2 Å². The first-order valence-electron chi connectivity index (χ1n) is 7.49. The number of carbonyl (C=O) groups is 1. The molecule has 8 heteroatoms. The van der Waals surface area contributed by atoms with Gasteiger partial charge in [0.2, 0.25) is 5.91 Å². The zero-order chi connectivity index (χ0) is 17.1. The van der Waals surface area contributed by atoms with E-state index in [1.807, 2.05) is 38.6 Å². The minimum atomic E-state index is -0.387. The normalized spacial score (nSPS) is 12.4. The number of aromatic nitrogens is 4. The molecular weight excluding hydrogens is 382 g/mol. The summed E-state index contributed by atoms with van der Waals surface area (Å²) in [6, 6.07) is -0.387. The summed E-state index contributed by atoms with van der Waals surface area (Å²) < 4.78 is 4.54. The molecule has 126 valence electrons. The molecule has 0 saturated heterocycles. The molecule has 23 heavy (non-hydrogen) atoms. The summed E-state index contributed by atoms with van der Waals surface area (Å²) in [6.45, 7) is 8.81. The van der Waals surface area contributed by atoms with Crippen molar-refractivity contribution < 1.29 is 4.79 Å². The number of hydrogen-bond donors (Lipinski definition) is 1. The number of carbonyl (C=O) groups excluding carboxylic acids is 1. The SMILES string of the molecule is Cc1nn(CCCNC(=O)C(C)n2nc(C)c(Cl)c2C)cc1Br. The van der Waals surface area contributed by atoms with Crippen molar-refractivity contribution in [2.24, 2.45) is 0 Å². The summed E-state index contributed by atoms with van der Waals surface area (Å²) in [7, 11) is 0. The minimum Gasteiger partial charge on any atom is -0.354 e. The van der Waals surface area contributed by atoms with Crippen LogP contribution in [0.2, 0.25) is 5.02 Å². The molecule has 2 aromatic rings. The lowest BCUT2D eigenvalue weighted by molar-refractivity contribution is -0.124. The molecule has 2 rings (SSSR count). The van der Waals surface area contributed by atoms with Crippen LogP contribution >= 0.6 is 27.5 Å². The summed E-state index contributed by atoms with van der Waals surface area (Å²) in [5.74, 6) is -0.0647. The molecule has 0 bridgehead atoms. The quantitative estimate of drug-likeness (QED) is 0.755. The summed E-state index contributed by atoms with van der Waals surface area (Å²) >= 11 is 9.56. The summed E-state index contributed by atoms with van der Waals surface area (Å²) in [5.41, 5.74) is 2.51. The van der Waals surface area contributed by atoms with E-state index in [4.69, 9.17) is 11.6 Å². The van der Waals surface area contributed by atoms with Gasteiger partial charge in [0.15, 0.2) is 0 Å². The molecule has 1 amide bonds. The Labute approximate surface area is 149 Å². The Morgan fingerprint density at radius 1 is 1.35 bits per heavy atom. The highest BCUT2D eigenvalue weighted by molar-refractivity contribution is 9.10. The van der Waals surface area contributed by atoms with Crippen LogP contribution in [-0.4, -0.2) is 32.0 Å². The predicted molar refractivity (Wildman–Crippen MR) is 93.7 cm³/mol. The van der Waals surface area contributed by atoms with E-state index in [1.165, 1.54) is 0 Å². The van der Waals surface area contributed by atoms with Crippen molar-refractivity contribution in [2.45, 2.75) is 46.7 Å². The molecule has 0 saturated carbocycles. The second-order valence-corrected chi connectivity index (χ2v) is 6.81. The van der Waals surface area contributed by atoms with Crippen molar-refractivity contribution in [3.8, 4) is 0 Å². The number of hydrogen-bond acceptors (Lipinski definition) is 3. The van der Waals surface area contributed by atoms with Crippen molar-refractivity contribution in [3.63, 3.8) is 0 Å². The molecule has 0 aliphatic carbocycles. The molecule has 0 radical (unpaired) electrons. The van der Waals surface area contributed by atoms with E-state index in [2.05, 4.69) is 31.4 Å². The fourth-order valence-corrected chi connectivity index (χ4v) is 2.78. The molecule has 1 unspecified atom stereocenters. The molecule has 0 aromatic carbocycles. The monoisotopic (exact) mass is 401 g/mol. The van der Waals surface area contributed by atoms with E-state index in [-0.39, 0.29) is 11.9 Å². The van der Waals surface area contributed by atoms with E-state index in [0.29, 0.717) is 11.6 Å². The minimum absolute atomic E-state index is 0.0647. The smallest absolute Gasteiger partial charge is 0.244 e. The van der Waals surface area contributed by atoms with Gasteiger partial charge >= 0.3 is 0 Å². The van der Waals surface area contributed by atoms with Gasteiger partial charge in [-0.15, -0.1) is 0 Å². The highest BCUT2D eigenvalue weighted by Gasteiger charge is 2.20. The average molecular weight is 403 g/mol. The van der Waals surface area contributed by atoms with Crippen LogP contribution in [0.5, 0.6) is 0 Å². The lowest BCUT2D eigenvalue weighted by atomic mass is 10.3. The number of aryl methyl sites for hydroxylation is 3. The average Bonchev–Trinajstić information content (AvgIpc) is 2.96. The highest BCUT2D eigenvalue weighted by Crippen LogP contribution is 2.22. The Kier molecular flexibility index (Phi) is 5.86. The molecular formula is C15H21BrClN5O. The van der Waals surface area contributed by atoms with E-state index in [1.54, 1.807) is 4.68 Å². The summed E-state index contributed by atoms with van der Waals surface area (Å²) in [5, 5.41) is 12.2. The summed E-state index contributed by atoms with van der Waals surface area (Å²) in [4.78, 5) is 12.2. The zero-order valence-corrected chi connectivity index (χ0v) is 16.1. The zero-order valence-electron chi connectivity index (χ0n) is 13.7. The van der Waals surface area contributed by atoms with Gasteiger partial charge in [0.05, 0.1) is 26.6 Å². The van der Waals surface area contributed by atoms with E-state index in [0.717, 1.165) is 34.5 Å². The van der Waals surface area contributed by atoms with E-state index in [9.17, 15) is 4.79 Å². The standard InChI is InChI=1S/C15H21BrClN5O/c1-9-13(16)8-21(19-9)7-5-6-18-15(23)12(4)22-11(3)14(17)10(2)20-22/h8,12H,5-7H2,1-4H3,(H,18,23). The third-order valence-electron chi connectivity index (χ3n) is 3.73. The Morgan fingerprint density at radius 3 is 2.57 bits per heavy atom. The van der Waals surface area contributed by atoms with Crippen LogP contribution in [0.4, 0.5) is 0 Å². The molecule has 0 spiro atoms. The predicted octanol–water partition coefficient (Wildman–Crippen LogP) is 3.19. The summed E-state index contributed by atoms with van der Waals surface area (Å²) in [6.07, 6.45) is 2.75. The molecule has 2 aromatic heterocycles. The van der Waals surface area contributed by atoms with Crippen LogP contribution in [0, 0.1) is 20.8 Å². The van der Waals surface area contributed by atoms with Crippen molar-refractivity contribution in [3.05, 3.63) is 32.8 Å².